The van der Waals surface area contributed by atoms with Crippen molar-refractivity contribution in [2.45, 2.75) is 12.6 Å². The fourth-order valence-electron chi connectivity index (χ4n) is 1.81. The van der Waals surface area contributed by atoms with Gasteiger partial charge in [-0.3, -0.25) is 4.90 Å². The first kappa shape index (κ1) is 10.5. The summed E-state index contributed by atoms with van der Waals surface area (Å²) in [5.74, 6) is 0.762. The lowest BCUT2D eigenvalue weighted by atomic mass is 10.2. The summed E-state index contributed by atoms with van der Waals surface area (Å²) in [5.41, 5.74) is 5.71. The first-order chi connectivity index (χ1) is 7.29. The smallest absolute Gasteiger partial charge is 0.188 e. The highest BCUT2D eigenvalue weighted by Gasteiger charge is 2.21. The summed E-state index contributed by atoms with van der Waals surface area (Å²) in [5, 5.41) is 15.3. The second-order valence-electron chi connectivity index (χ2n) is 3.76. The molecule has 0 spiro atoms. The zero-order valence-electron chi connectivity index (χ0n) is 8.93. The van der Waals surface area contributed by atoms with Gasteiger partial charge in [0.1, 0.15) is 0 Å². The Labute approximate surface area is 88.6 Å². The highest BCUT2D eigenvalue weighted by molar-refractivity contribution is 4.85. The normalized spacial score (nSPS) is 23.2. The second kappa shape index (κ2) is 4.65. The summed E-state index contributed by atoms with van der Waals surface area (Å²) in [4.78, 5) is 3.78. The van der Waals surface area contributed by atoms with E-state index in [1.807, 2.05) is 0 Å². The lowest BCUT2D eigenvalue weighted by Gasteiger charge is -2.34. The predicted octanol–water partition coefficient (Wildman–Crippen LogP) is -2.06. The third-order valence-corrected chi connectivity index (χ3v) is 2.64. The summed E-state index contributed by atoms with van der Waals surface area (Å²) in [7, 11) is 1.77. The van der Waals surface area contributed by atoms with Crippen LogP contribution in [0.4, 0.5) is 0 Å². The van der Waals surface area contributed by atoms with Crippen LogP contribution in [0.15, 0.2) is 0 Å². The van der Waals surface area contributed by atoms with Crippen LogP contribution in [-0.4, -0.2) is 57.3 Å². The van der Waals surface area contributed by atoms with Crippen LogP contribution in [0.1, 0.15) is 5.82 Å². The van der Waals surface area contributed by atoms with Crippen molar-refractivity contribution in [1.82, 2.24) is 30.4 Å². The van der Waals surface area contributed by atoms with E-state index in [2.05, 4.69) is 25.6 Å². The number of aromatic nitrogens is 4. The molecule has 1 aromatic rings. The largest absolute Gasteiger partial charge is 0.329 e. The van der Waals surface area contributed by atoms with E-state index in [0.717, 1.165) is 32.0 Å². The monoisotopic (exact) mass is 211 g/mol. The average molecular weight is 211 g/mol. The van der Waals surface area contributed by atoms with Crippen LogP contribution in [0.3, 0.4) is 0 Å². The number of nitrogens with one attached hydrogen (secondary N) is 1. The fourth-order valence-corrected chi connectivity index (χ4v) is 1.81. The first-order valence-electron chi connectivity index (χ1n) is 5.17. The number of nitrogens with zero attached hydrogens (tertiary/aromatic N) is 5. The van der Waals surface area contributed by atoms with Gasteiger partial charge in [0.2, 0.25) is 0 Å². The minimum Gasteiger partial charge on any atom is -0.329 e. The second-order valence-corrected chi connectivity index (χ2v) is 3.76. The molecule has 0 amide bonds. The third-order valence-electron chi connectivity index (χ3n) is 2.64. The molecule has 1 aliphatic rings. The molecule has 15 heavy (non-hydrogen) atoms. The van der Waals surface area contributed by atoms with Crippen molar-refractivity contribution < 1.29 is 0 Å². The van der Waals surface area contributed by atoms with Crippen molar-refractivity contribution >= 4 is 0 Å². The molecule has 2 rings (SSSR count). The van der Waals surface area contributed by atoms with Gasteiger partial charge in [-0.1, -0.05) is 0 Å². The van der Waals surface area contributed by atoms with Gasteiger partial charge >= 0.3 is 0 Å². The number of aryl methyl sites for hydroxylation is 1. The molecular formula is C8H17N7. The molecule has 84 valence electrons. The Morgan fingerprint density at radius 2 is 2.47 bits per heavy atom. The van der Waals surface area contributed by atoms with Gasteiger partial charge in [-0.2, -0.15) is 4.80 Å². The molecule has 1 aliphatic heterocycles. The van der Waals surface area contributed by atoms with Gasteiger partial charge in [0.25, 0.3) is 0 Å². The van der Waals surface area contributed by atoms with E-state index < -0.39 is 0 Å². The lowest BCUT2D eigenvalue weighted by Crippen LogP contribution is -2.53. The van der Waals surface area contributed by atoms with E-state index in [0.29, 0.717) is 12.6 Å². The quantitative estimate of drug-likeness (QED) is 0.598. The van der Waals surface area contributed by atoms with Gasteiger partial charge in [-0.05, 0) is 5.21 Å². The Hall–Kier alpha value is -1.05. The maximum absolute atomic E-state index is 5.71. The first-order valence-corrected chi connectivity index (χ1v) is 5.17. The van der Waals surface area contributed by atoms with Crippen LogP contribution in [0.25, 0.3) is 0 Å². The Morgan fingerprint density at radius 1 is 1.60 bits per heavy atom. The molecule has 2 heterocycles. The van der Waals surface area contributed by atoms with Crippen molar-refractivity contribution in [3.8, 4) is 0 Å². The minimum absolute atomic E-state index is 0.377. The topological polar surface area (TPSA) is 84.9 Å². The molecule has 1 atom stereocenters. The molecule has 1 saturated heterocycles. The van der Waals surface area contributed by atoms with Crippen LogP contribution in [0, 0.1) is 0 Å². The van der Waals surface area contributed by atoms with Gasteiger partial charge in [0, 0.05) is 32.2 Å². The molecule has 1 fully saturated rings. The maximum Gasteiger partial charge on any atom is 0.188 e. The Bertz CT molecular complexity index is 310. The molecule has 0 radical (unpaired) electrons. The molecule has 0 aromatic carbocycles. The summed E-state index contributed by atoms with van der Waals surface area (Å²) < 4.78 is 0. The summed E-state index contributed by atoms with van der Waals surface area (Å²) in [6.07, 6.45) is 0. The number of hydrogen-bond donors (Lipinski definition) is 2. The van der Waals surface area contributed by atoms with Crippen molar-refractivity contribution in [1.29, 1.82) is 0 Å². The van der Waals surface area contributed by atoms with E-state index in [9.17, 15) is 0 Å². The number of tetrazole rings is 1. The van der Waals surface area contributed by atoms with Gasteiger partial charge in [-0.15, -0.1) is 10.2 Å². The summed E-state index contributed by atoms with van der Waals surface area (Å²) >= 11 is 0. The van der Waals surface area contributed by atoms with Crippen LogP contribution in [0.2, 0.25) is 0 Å². The number of hydrogen-bond acceptors (Lipinski definition) is 6. The summed E-state index contributed by atoms with van der Waals surface area (Å²) in [6.45, 7) is 4.32. The van der Waals surface area contributed by atoms with Crippen LogP contribution in [-0.2, 0) is 13.6 Å². The van der Waals surface area contributed by atoms with E-state index in [1.54, 1.807) is 7.05 Å². The fraction of sp³-hybridized carbons (Fsp3) is 0.875. The molecule has 0 saturated carbocycles. The zero-order chi connectivity index (χ0) is 10.7. The number of rotatable bonds is 3. The summed E-state index contributed by atoms with van der Waals surface area (Å²) in [6, 6.07) is 0.377. The molecule has 3 N–H and O–H groups in total. The standard InChI is InChI=1S/C8H17N7/c1-14-12-8(11-13-14)6-15-3-2-10-5-7(15)4-9/h7,10H,2-6,9H2,1H3. The van der Waals surface area contributed by atoms with Crippen molar-refractivity contribution in [3.63, 3.8) is 0 Å². The molecular weight excluding hydrogens is 194 g/mol. The van der Waals surface area contributed by atoms with E-state index in [-0.39, 0.29) is 0 Å². The molecule has 7 heteroatoms. The Kier molecular flexibility index (Phi) is 3.24. The molecule has 1 aromatic heterocycles. The number of piperazine rings is 1. The Balaban J connectivity index is 1.97. The van der Waals surface area contributed by atoms with E-state index >= 15 is 0 Å². The predicted molar refractivity (Wildman–Crippen MR) is 54.9 cm³/mol. The van der Waals surface area contributed by atoms with Crippen molar-refractivity contribution in [2.75, 3.05) is 26.2 Å². The zero-order valence-corrected chi connectivity index (χ0v) is 8.93. The van der Waals surface area contributed by atoms with Crippen LogP contribution >= 0.6 is 0 Å². The molecule has 1 unspecified atom stereocenters. The average Bonchev–Trinajstić information content (AvgIpc) is 2.65. The van der Waals surface area contributed by atoms with Crippen LogP contribution < -0.4 is 11.1 Å². The molecule has 7 nitrogen and oxygen atoms in total. The highest BCUT2D eigenvalue weighted by atomic mass is 15.6. The number of nitrogens with two attached hydrogens (primary N) is 1. The van der Waals surface area contributed by atoms with E-state index in [1.165, 1.54) is 4.80 Å². The van der Waals surface area contributed by atoms with E-state index in [4.69, 9.17) is 5.73 Å². The van der Waals surface area contributed by atoms with Gasteiger partial charge in [0.15, 0.2) is 5.82 Å². The highest BCUT2D eigenvalue weighted by Crippen LogP contribution is 2.05. The maximum atomic E-state index is 5.71. The van der Waals surface area contributed by atoms with Crippen molar-refractivity contribution in [2.24, 2.45) is 12.8 Å². The molecule has 0 bridgehead atoms. The lowest BCUT2D eigenvalue weighted by molar-refractivity contribution is 0.154. The van der Waals surface area contributed by atoms with Gasteiger partial charge < -0.3 is 11.1 Å². The SMILES string of the molecule is Cn1nnc(CN2CCNCC2CN)n1. The van der Waals surface area contributed by atoms with Gasteiger partial charge in [-0.25, -0.2) is 0 Å². The Morgan fingerprint density at radius 3 is 3.13 bits per heavy atom. The third kappa shape index (κ3) is 2.49. The molecule has 0 aliphatic carbocycles. The van der Waals surface area contributed by atoms with Crippen LogP contribution in [0.5, 0.6) is 0 Å². The van der Waals surface area contributed by atoms with Gasteiger partial charge in [0.05, 0.1) is 13.6 Å². The minimum atomic E-state index is 0.377. The van der Waals surface area contributed by atoms with Crippen molar-refractivity contribution in [3.05, 3.63) is 5.82 Å².